The molecule has 1 rings (SSSR count). The first kappa shape index (κ1) is 78.5. The van der Waals surface area contributed by atoms with Crippen molar-refractivity contribution in [3.8, 4) is 0 Å². The number of hydrogen-bond donors (Lipinski definition) is 0. The van der Waals surface area contributed by atoms with Crippen LogP contribution >= 0.6 is 11.6 Å². The molecule has 0 aliphatic rings. The second kappa shape index (κ2) is 42.8. The molecule has 8 nitrogen and oxygen atoms in total. The Bertz CT molecular complexity index is 962. The molecule has 320 valence electrons. The average molecular weight is 770 g/mol. The lowest BCUT2D eigenvalue weighted by Gasteiger charge is -2.28. The first-order valence-corrected chi connectivity index (χ1v) is 15.8. The normalized spacial score (nSPS) is 13.3. The zero-order valence-corrected chi connectivity index (χ0v) is 31.8. The van der Waals surface area contributed by atoms with E-state index >= 15 is 0 Å². The molecular formula is C43H97ClN4O4. The standard InChI is InChI=1S/C13H19NO.C8H17NO.C7H14ClNO.C7H15NO.8CH4/c1-5-13(2,12(14-3)15-4)11-9-7-6-8-10-11;1-6-8(2,3)7(9-4)10-5;1-5-7(2,8)6(9-3)10-4;1-5-6(2)7(8-3)9-4;;;;;;;;/h6-10H,5H2,1-4H3;6H2,1-5H3;5H2,1-4H3;6H,5H2,1-4H3;8*1H4. The van der Waals surface area contributed by atoms with Gasteiger partial charge >= 0.3 is 0 Å². The summed E-state index contributed by atoms with van der Waals surface area (Å²) in [6, 6.07) is 10.4. The van der Waals surface area contributed by atoms with Crippen LogP contribution in [0.15, 0.2) is 50.3 Å². The van der Waals surface area contributed by atoms with Crippen molar-refractivity contribution >= 4 is 35.2 Å². The number of nitrogens with zero attached hydrogens (tertiary/aromatic N) is 4. The van der Waals surface area contributed by atoms with Crippen LogP contribution < -0.4 is 0 Å². The van der Waals surface area contributed by atoms with Gasteiger partial charge in [0.05, 0.1) is 33.9 Å². The number of aliphatic imine (C=N–C) groups is 4. The predicted octanol–water partition coefficient (Wildman–Crippen LogP) is 14.0. The Morgan fingerprint density at radius 3 is 1.13 bits per heavy atom. The van der Waals surface area contributed by atoms with E-state index in [2.05, 4.69) is 80.6 Å². The molecule has 3 atom stereocenters. The fourth-order valence-corrected chi connectivity index (χ4v) is 4.21. The van der Waals surface area contributed by atoms with E-state index in [0.717, 1.165) is 43.4 Å². The topological polar surface area (TPSA) is 86.4 Å². The Morgan fingerprint density at radius 1 is 0.577 bits per heavy atom. The monoisotopic (exact) mass is 769 g/mol. The van der Waals surface area contributed by atoms with Crippen molar-refractivity contribution in [2.75, 3.05) is 56.6 Å². The molecule has 0 spiro atoms. The smallest absolute Gasteiger partial charge is 0.204 e. The van der Waals surface area contributed by atoms with Crippen molar-refractivity contribution in [1.29, 1.82) is 0 Å². The zero-order chi connectivity index (χ0) is 35.0. The van der Waals surface area contributed by atoms with Gasteiger partial charge in [0, 0.05) is 39.5 Å². The van der Waals surface area contributed by atoms with Crippen LogP contribution in [0.3, 0.4) is 0 Å². The van der Waals surface area contributed by atoms with E-state index in [1.54, 1.807) is 56.6 Å². The van der Waals surface area contributed by atoms with Crippen LogP contribution in [0.4, 0.5) is 0 Å². The summed E-state index contributed by atoms with van der Waals surface area (Å²) >= 11 is 6.03. The predicted molar refractivity (Wildman–Crippen MR) is 247 cm³/mol. The Morgan fingerprint density at radius 2 is 0.962 bits per heavy atom. The van der Waals surface area contributed by atoms with Crippen molar-refractivity contribution < 1.29 is 18.9 Å². The number of rotatable bonds is 9. The highest BCUT2D eigenvalue weighted by atomic mass is 35.5. The van der Waals surface area contributed by atoms with Crippen LogP contribution in [-0.4, -0.2) is 85.1 Å². The summed E-state index contributed by atoms with van der Waals surface area (Å²) in [7, 11) is 13.6. The van der Waals surface area contributed by atoms with Crippen LogP contribution in [0.25, 0.3) is 0 Å². The lowest BCUT2D eigenvalue weighted by molar-refractivity contribution is 0.317. The zero-order valence-electron chi connectivity index (χ0n) is 31.1. The molecule has 1 aromatic rings. The van der Waals surface area contributed by atoms with Gasteiger partial charge in [-0.3, -0.25) is 20.0 Å². The van der Waals surface area contributed by atoms with Crippen LogP contribution in [0.2, 0.25) is 0 Å². The number of halogens is 1. The third kappa shape index (κ3) is 28.0. The van der Waals surface area contributed by atoms with Crippen LogP contribution in [0.1, 0.15) is 153 Å². The van der Waals surface area contributed by atoms with Crippen LogP contribution in [-0.2, 0) is 24.4 Å². The highest BCUT2D eigenvalue weighted by molar-refractivity contribution is 6.34. The Balaban J connectivity index is -0.0000000465. The molecule has 0 aliphatic heterocycles. The van der Waals surface area contributed by atoms with Gasteiger partial charge in [0.2, 0.25) is 5.90 Å². The second-order valence-electron chi connectivity index (χ2n) is 11.1. The second-order valence-corrected chi connectivity index (χ2v) is 11.9. The van der Waals surface area contributed by atoms with Crippen molar-refractivity contribution in [3.05, 3.63) is 35.9 Å². The molecule has 0 saturated carbocycles. The summed E-state index contributed by atoms with van der Waals surface area (Å²) < 4.78 is 20.4. The third-order valence-corrected chi connectivity index (χ3v) is 8.24. The molecule has 9 heteroatoms. The van der Waals surface area contributed by atoms with Gasteiger partial charge in [-0.15, -0.1) is 11.6 Å². The average Bonchev–Trinajstić information content (AvgIpc) is 3.04. The SMILES string of the molecule is C.C.C.C.C.C.C.C.CCC(C)(C(=NC)OC)c1ccccc1.CCC(C)(C)C(=NC)OC.CCC(C)(Cl)C(=NC)OC.CCC(C)C(=NC)OC. The summed E-state index contributed by atoms with van der Waals surface area (Å²) in [5, 5.41) is 0. The minimum absolute atomic E-state index is 0. The largest absolute Gasteiger partial charge is 0.484 e. The number of alkyl halides is 1. The summed E-state index contributed by atoms with van der Waals surface area (Å²) in [6.45, 7) is 18.8. The van der Waals surface area contributed by atoms with E-state index in [0.29, 0.717) is 11.8 Å². The first-order chi connectivity index (χ1) is 20.6. The maximum Gasteiger partial charge on any atom is 0.204 e. The van der Waals surface area contributed by atoms with Crippen molar-refractivity contribution in [2.45, 2.75) is 158 Å². The number of benzene rings is 1. The maximum atomic E-state index is 6.03. The number of ether oxygens (including phenoxy) is 4. The minimum atomic E-state index is -0.441. The van der Waals surface area contributed by atoms with Crippen LogP contribution in [0, 0.1) is 11.3 Å². The molecule has 0 bridgehead atoms. The van der Waals surface area contributed by atoms with Crippen LogP contribution in [0.5, 0.6) is 0 Å². The number of methoxy groups -OCH3 is 4. The van der Waals surface area contributed by atoms with Gasteiger partial charge < -0.3 is 18.9 Å². The molecule has 0 aromatic heterocycles. The maximum absolute atomic E-state index is 6.03. The summed E-state index contributed by atoms with van der Waals surface area (Å²) in [4.78, 5) is 15.7. The Labute approximate surface area is 334 Å². The van der Waals surface area contributed by atoms with Gasteiger partial charge in [-0.05, 0) is 45.1 Å². The van der Waals surface area contributed by atoms with Crippen molar-refractivity contribution in [3.63, 3.8) is 0 Å². The fraction of sp³-hybridized carbons (Fsp3) is 0.767. The molecule has 0 heterocycles. The van der Waals surface area contributed by atoms with E-state index in [1.165, 1.54) is 5.56 Å². The molecular weight excluding hydrogens is 672 g/mol. The van der Waals surface area contributed by atoms with E-state index < -0.39 is 4.87 Å². The van der Waals surface area contributed by atoms with Gasteiger partial charge in [0.15, 0.2) is 17.7 Å². The van der Waals surface area contributed by atoms with Gasteiger partial charge in [-0.2, -0.15) is 0 Å². The van der Waals surface area contributed by atoms with Gasteiger partial charge in [-0.1, -0.05) is 138 Å². The van der Waals surface area contributed by atoms with E-state index in [-0.39, 0.29) is 70.2 Å². The molecule has 0 radical (unpaired) electrons. The molecule has 0 amide bonds. The summed E-state index contributed by atoms with van der Waals surface area (Å²) in [6.07, 6.45) is 3.92. The molecule has 0 fully saturated rings. The van der Waals surface area contributed by atoms with Gasteiger partial charge in [-0.25, -0.2) is 0 Å². The van der Waals surface area contributed by atoms with E-state index in [9.17, 15) is 0 Å². The molecule has 52 heavy (non-hydrogen) atoms. The molecule has 3 unspecified atom stereocenters. The molecule has 1 aromatic carbocycles. The fourth-order valence-electron chi connectivity index (χ4n) is 4.05. The highest BCUT2D eigenvalue weighted by Crippen LogP contribution is 2.29. The van der Waals surface area contributed by atoms with Crippen molar-refractivity contribution in [2.24, 2.45) is 31.3 Å². The molecule has 0 aliphatic carbocycles. The minimum Gasteiger partial charge on any atom is -0.484 e. The van der Waals surface area contributed by atoms with Gasteiger partial charge in [0.1, 0.15) is 4.87 Å². The summed E-state index contributed by atoms with van der Waals surface area (Å²) in [5.41, 5.74) is 1.21. The lowest BCUT2D eigenvalue weighted by atomic mass is 9.80. The van der Waals surface area contributed by atoms with E-state index in [4.69, 9.17) is 30.5 Å². The van der Waals surface area contributed by atoms with Gasteiger partial charge in [0.25, 0.3) is 0 Å². The molecule has 0 saturated heterocycles. The third-order valence-electron chi connectivity index (χ3n) is 7.82. The van der Waals surface area contributed by atoms with E-state index in [1.807, 2.05) is 32.0 Å². The Kier molecular flexibility index (Phi) is 64.6. The highest BCUT2D eigenvalue weighted by Gasteiger charge is 2.31. The summed E-state index contributed by atoms with van der Waals surface area (Å²) in [5.74, 6) is 3.51. The first-order valence-electron chi connectivity index (χ1n) is 15.4. The quantitative estimate of drug-likeness (QED) is 0.142. The lowest BCUT2D eigenvalue weighted by Crippen LogP contribution is -2.33. The Hall–Kier alpha value is -2.61. The molecule has 0 N–H and O–H groups in total. The van der Waals surface area contributed by atoms with Crippen molar-refractivity contribution in [1.82, 2.24) is 0 Å². The number of hydrogen-bond acceptors (Lipinski definition) is 8.